The molecule has 0 saturated carbocycles. The highest BCUT2D eigenvalue weighted by Crippen LogP contribution is 2.30. The Morgan fingerprint density at radius 2 is 1.86 bits per heavy atom. The van der Waals surface area contributed by atoms with Crippen LogP contribution in [0.4, 0.5) is 18.9 Å². The van der Waals surface area contributed by atoms with Crippen molar-refractivity contribution in [1.82, 2.24) is 9.97 Å². The van der Waals surface area contributed by atoms with Crippen molar-refractivity contribution >= 4 is 39.1 Å². The van der Waals surface area contributed by atoms with Crippen molar-refractivity contribution in [1.29, 1.82) is 0 Å². The lowest BCUT2D eigenvalue weighted by atomic mass is 10.2. The van der Waals surface area contributed by atoms with Gasteiger partial charge in [-0.1, -0.05) is 0 Å². The van der Waals surface area contributed by atoms with Crippen molar-refractivity contribution in [3.63, 3.8) is 0 Å². The smallest absolute Gasteiger partial charge is 0.416 e. The van der Waals surface area contributed by atoms with Crippen molar-refractivity contribution in [2.75, 3.05) is 11.9 Å². The minimum absolute atomic E-state index is 0.128. The Bertz CT molecular complexity index is 1150. The Kier molecular flexibility index (Phi) is 5.42. The lowest BCUT2D eigenvalue weighted by molar-refractivity contribution is -0.137. The van der Waals surface area contributed by atoms with Gasteiger partial charge in [0, 0.05) is 5.69 Å². The van der Waals surface area contributed by atoms with E-state index in [1.54, 1.807) is 13.8 Å². The number of nitrogens with zero attached hydrogens (tertiary/aromatic N) is 1. The van der Waals surface area contributed by atoms with Gasteiger partial charge >= 0.3 is 12.1 Å². The van der Waals surface area contributed by atoms with Crippen LogP contribution >= 0.6 is 11.3 Å². The molecule has 11 heteroatoms. The van der Waals surface area contributed by atoms with Crippen LogP contribution < -0.4 is 10.9 Å². The average molecular weight is 425 g/mol. The molecule has 3 rings (SSSR count). The number of aromatic nitrogens is 2. The number of carbonyl (C=O) groups is 2. The van der Waals surface area contributed by atoms with E-state index in [4.69, 9.17) is 4.74 Å². The summed E-state index contributed by atoms with van der Waals surface area (Å²) in [6, 6.07) is 3.85. The van der Waals surface area contributed by atoms with E-state index in [9.17, 15) is 27.6 Å². The SMILES string of the molecule is Cc1nc2sc(C(=O)OCC(=O)Nc3ccc(C(F)(F)F)cc3)c(C)c2c(=O)[nH]1. The quantitative estimate of drug-likeness (QED) is 0.624. The number of esters is 1. The molecule has 2 aromatic heterocycles. The molecule has 0 radical (unpaired) electrons. The molecule has 0 saturated heterocycles. The van der Waals surface area contributed by atoms with Crippen molar-refractivity contribution in [3.8, 4) is 0 Å². The standard InChI is InChI=1S/C18H14F3N3O4S/c1-8-13-15(26)22-9(2)23-16(13)29-14(8)17(27)28-7-12(25)24-11-5-3-10(4-6-11)18(19,20)21/h3-6H,7H2,1-2H3,(H,24,25)(H,22,23,26). The Hall–Kier alpha value is -3.21. The number of H-pyrrole nitrogens is 1. The summed E-state index contributed by atoms with van der Waals surface area (Å²) in [5.74, 6) is -1.12. The monoisotopic (exact) mass is 425 g/mol. The average Bonchev–Trinajstić information content (AvgIpc) is 2.96. The number of ether oxygens (including phenoxy) is 1. The Morgan fingerprint density at radius 3 is 2.48 bits per heavy atom. The number of fused-ring (bicyclic) bond motifs is 1. The molecule has 0 unspecified atom stereocenters. The minimum Gasteiger partial charge on any atom is -0.451 e. The van der Waals surface area contributed by atoms with Gasteiger partial charge in [0.2, 0.25) is 0 Å². The maximum Gasteiger partial charge on any atom is 0.416 e. The first-order chi connectivity index (χ1) is 13.6. The van der Waals surface area contributed by atoms with Gasteiger partial charge in [0.25, 0.3) is 11.5 Å². The summed E-state index contributed by atoms with van der Waals surface area (Å²) < 4.78 is 42.6. The number of aromatic amines is 1. The number of anilines is 1. The number of carbonyl (C=O) groups excluding carboxylic acids is 2. The van der Waals surface area contributed by atoms with E-state index in [0.717, 1.165) is 35.6 Å². The summed E-state index contributed by atoms with van der Waals surface area (Å²) in [5, 5.41) is 2.62. The Morgan fingerprint density at radius 1 is 1.21 bits per heavy atom. The van der Waals surface area contributed by atoms with Gasteiger partial charge in [0.15, 0.2) is 6.61 Å². The zero-order valence-corrected chi connectivity index (χ0v) is 16.0. The molecule has 0 atom stereocenters. The molecule has 7 nitrogen and oxygen atoms in total. The second-order valence-electron chi connectivity index (χ2n) is 6.09. The van der Waals surface area contributed by atoms with Gasteiger partial charge in [-0.25, -0.2) is 9.78 Å². The van der Waals surface area contributed by atoms with Crippen LogP contribution in [0.2, 0.25) is 0 Å². The third kappa shape index (κ3) is 4.45. The molecule has 0 aliphatic carbocycles. The summed E-state index contributed by atoms with van der Waals surface area (Å²) in [5.41, 5.74) is -0.698. The lowest BCUT2D eigenvalue weighted by Crippen LogP contribution is -2.21. The molecule has 1 amide bonds. The van der Waals surface area contributed by atoms with Crippen LogP contribution in [0.25, 0.3) is 10.2 Å². The summed E-state index contributed by atoms with van der Waals surface area (Å²) in [4.78, 5) is 43.5. The van der Waals surface area contributed by atoms with E-state index in [1.807, 2.05) is 0 Å². The first-order valence-electron chi connectivity index (χ1n) is 8.20. The van der Waals surface area contributed by atoms with E-state index in [-0.39, 0.29) is 21.5 Å². The van der Waals surface area contributed by atoms with E-state index in [0.29, 0.717) is 16.2 Å². The summed E-state index contributed by atoms with van der Waals surface area (Å²) in [7, 11) is 0. The van der Waals surface area contributed by atoms with Gasteiger partial charge in [0.1, 0.15) is 15.5 Å². The van der Waals surface area contributed by atoms with Gasteiger partial charge in [-0.15, -0.1) is 11.3 Å². The molecule has 1 aromatic carbocycles. The third-order valence-corrected chi connectivity index (χ3v) is 5.10. The van der Waals surface area contributed by atoms with Crippen molar-refractivity contribution in [2.45, 2.75) is 20.0 Å². The molecule has 2 heterocycles. The molecule has 0 aliphatic rings. The number of nitrogens with one attached hydrogen (secondary N) is 2. The van der Waals surface area contributed by atoms with Crippen LogP contribution in [0.15, 0.2) is 29.1 Å². The van der Waals surface area contributed by atoms with Gasteiger partial charge < -0.3 is 15.0 Å². The molecule has 0 aliphatic heterocycles. The Labute approximate surface area is 165 Å². The zero-order chi connectivity index (χ0) is 21.3. The highest BCUT2D eigenvalue weighted by Gasteiger charge is 2.30. The minimum atomic E-state index is -4.48. The number of aryl methyl sites for hydroxylation is 2. The van der Waals surface area contributed by atoms with Gasteiger partial charge in [-0.05, 0) is 43.7 Å². The van der Waals surface area contributed by atoms with E-state index >= 15 is 0 Å². The number of halogens is 3. The molecular weight excluding hydrogens is 411 g/mol. The van der Waals surface area contributed by atoms with Crippen molar-refractivity contribution in [2.24, 2.45) is 0 Å². The van der Waals surface area contributed by atoms with Crippen molar-refractivity contribution in [3.05, 3.63) is 56.4 Å². The number of thiophene rings is 1. The summed E-state index contributed by atoms with van der Waals surface area (Å²) >= 11 is 0.976. The number of amides is 1. The first-order valence-corrected chi connectivity index (χ1v) is 9.02. The fourth-order valence-corrected chi connectivity index (χ4v) is 3.70. The molecule has 152 valence electrons. The maximum atomic E-state index is 12.5. The van der Waals surface area contributed by atoms with Crippen LogP contribution in [0.1, 0.15) is 26.6 Å². The molecule has 0 fully saturated rings. The maximum absolute atomic E-state index is 12.5. The fraction of sp³-hybridized carbons (Fsp3) is 0.222. The number of hydrogen-bond donors (Lipinski definition) is 2. The molecule has 2 N–H and O–H groups in total. The molecule has 0 spiro atoms. The van der Waals surface area contributed by atoms with E-state index in [1.165, 1.54) is 0 Å². The van der Waals surface area contributed by atoms with Crippen LogP contribution in [0.5, 0.6) is 0 Å². The highest BCUT2D eigenvalue weighted by atomic mass is 32.1. The Balaban J connectivity index is 1.65. The van der Waals surface area contributed by atoms with Gasteiger partial charge in [0.05, 0.1) is 10.9 Å². The van der Waals surface area contributed by atoms with Gasteiger partial charge in [-0.3, -0.25) is 9.59 Å². The number of hydrogen-bond acceptors (Lipinski definition) is 6. The van der Waals surface area contributed by atoms with E-state index in [2.05, 4.69) is 15.3 Å². The summed E-state index contributed by atoms with van der Waals surface area (Å²) in [6.07, 6.45) is -4.48. The second kappa shape index (κ2) is 7.66. The van der Waals surface area contributed by atoms with Crippen LogP contribution in [-0.2, 0) is 15.7 Å². The predicted molar refractivity (Wildman–Crippen MR) is 100 cm³/mol. The topological polar surface area (TPSA) is 101 Å². The largest absolute Gasteiger partial charge is 0.451 e. The van der Waals surface area contributed by atoms with Gasteiger partial charge in [-0.2, -0.15) is 13.2 Å². The zero-order valence-electron chi connectivity index (χ0n) is 15.1. The fourth-order valence-electron chi connectivity index (χ4n) is 2.58. The van der Waals surface area contributed by atoms with Crippen LogP contribution in [0, 0.1) is 13.8 Å². The molecule has 3 aromatic rings. The van der Waals surface area contributed by atoms with Crippen molar-refractivity contribution < 1.29 is 27.5 Å². The predicted octanol–water partition coefficient (Wildman–Crippen LogP) is 3.42. The van der Waals surface area contributed by atoms with Crippen LogP contribution in [-0.4, -0.2) is 28.5 Å². The molecule has 0 bridgehead atoms. The second-order valence-corrected chi connectivity index (χ2v) is 7.09. The number of benzene rings is 1. The number of rotatable bonds is 4. The van der Waals surface area contributed by atoms with E-state index < -0.39 is 30.2 Å². The highest BCUT2D eigenvalue weighted by molar-refractivity contribution is 7.20. The molecular formula is C18H14F3N3O4S. The number of alkyl halides is 3. The normalized spacial score (nSPS) is 11.5. The summed E-state index contributed by atoms with van der Waals surface area (Å²) in [6.45, 7) is 2.54. The molecule has 29 heavy (non-hydrogen) atoms. The lowest BCUT2D eigenvalue weighted by Gasteiger charge is -2.09. The first kappa shape index (κ1) is 20.5. The van der Waals surface area contributed by atoms with Crippen LogP contribution in [0.3, 0.4) is 0 Å². The third-order valence-electron chi connectivity index (χ3n) is 3.93.